The summed E-state index contributed by atoms with van der Waals surface area (Å²) in [5, 5.41) is 2.73. The minimum atomic E-state index is -0.411. The molecule has 0 aliphatic carbocycles. The summed E-state index contributed by atoms with van der Waals surface area (Å²) < 4.78 is 38.1. The molecule has 2 aromatic carbocycles. The predicted molar refractivity (Wildman–Crippen MR) is 114 cm³/mol. The van der Waals surface area contributed by atoms with Gasteiger partial charge in [0.15, 0.2) is 0 Å². The van der Waals surface area contributed by atoms with Gasteiger partial charge in [-0.15, -0.1) is 0 Å². The fourth-order valence-corrected chi connectivity index (χ4v) is 2.98. The first-order valence-corrected chi connectivity index (χ1v) is 9.93. The number of methoxy groups -OCH3 is 1. The van der Waals surface area contributed by atoms with Gasteiger partial charge in [-0.05, 0) is 35.9 Å². The zero-order valence-corrected chi connectivity index (χ0v) is 17.2. The smallest absolute Gasteiger partial charge is 0.226 e. The Labute approximate surface area is 180 Å². The van der Waals surface area contributed by atoms with Crippen LogP contribution < -0.4 is 10.1 Å². The first kappa shape index (κ1) is 22.4. The predicted octanol–water partition coefficient (Wildman–Crippen LogP) is 4.30. The maximum Gasteiger partial charge on any atom is 0.226 e. The molecule has 1 amide bonds. The molecular weight excluding hydrogens is 402 g/mol. The SMILES string of the molecule is COCCCOc1ccc(-c2ccc(CC(=O)NCc3cccc(F)c3)nc2)c(F)c1. The van der Waals surface area contributed by atoms with Crippen molar-refractivity contribution in [3.63, 3.8) is 0 Å². The van der Waals surface area contributed by atoms with E-state index in [1.54, 1.807) is 43.5 Å². The topological polar surface area (TPSA) is 60.5 Å². The number of hydrogen-bond donors (Lipinski definition) is 1. The Morgan fingerprint density at radius 2 is 1.94 bits per heavy atom. The van der Waals surface area contributed by atoms with Crippen LogP contribution in [0.5, 0.6) is 5.75 Å². The van der Waals surface area contributed by atoms with E-state index in [1.165, 1.54) is 24.4 Å². The molecule has 31 heavy (non-hydrogen) atoms. The van der Waals surface area contributed by atoms with E-state index in [4.69, 9.17) is 9.47 Å². The van der Waals surface area contributed by atoms with Crippen LogP contribution in [-0.4, -0.2) is 31.2 Å². The number of pyridine rings is 1. The van der Waals surface area contributed by atoms with Crippen LogP contribution in [0.3, 0.4) is 0 Å². The van der Waals surface area contributed by atoms with Gasteiger partial charge in [-0.3, -0.25) is 9.78 Å². The van der Waals surface area contributed by atoms with E-state index < -0.39 is 5.82 Å². The Morgan fingerprint density at radius 1 is 1.06 bits per heavy atom. The molecule has 0 bridgehead atoms. The molecule has 0 aliphatic heterocycles. The second-order valence-corrected chi connectivity index (χ2v) is 6.96. The van der Waals surface area contributed by atoms with Crippen LogP contribution in [0.1, 0.15) is 17.7 Å². The van der Waals surface area contributed by atoms with E-state index in [-0.39, 0.29) is 24.7 Å². The second kappa shape index (κ2) is 11.2. The molecule has 7 heteroatoms. The summed E-state index contributed by atoms with van der Waals surface area (Å²) in [7, 11) is 1.62. The highest BCUT2D eigenvalue weighted by molar-refractivity contribution is 5.78. The molecule has 1 heterocycles. The van der Waals surface area contributed by atoms with Crippen LogP contribution in [0, 0.1) is 11.6 Å². The van der Waals surface area contributed by atoms with Gasteiger partial charge in [-0.2, -0.15) is 0 Å². The van der Waals surface area contributed by atoms with Crippen LogP contribution in [-0.2, 0) is 22.5 Å². The number of aromatic nitrogens is 1. The molecule has 0 saturated heterocycles. The van der Waals surface area contributed by atoms with Crippen LogP contribution in [0.15, 0.2) is 60.8 Å². The highest BCUT2D eigenvalue weighted by atomic mass is 19.1. The minimum absolute atomic E-state index is 0.0757. The zero-order valence-electron chi connectivity index (χ0n) is 17.2. The molecule has 1 aromatic heterocycles. The quantitative estimate of drug-likeness (QED) is 0.491. The molecule has 3 aromatic rings. The monoisotopic (exact) mass is 426 g/mol. The summed E-state index contributed by atoms with van der Waals surface area (Å²) in [4.78, 5) is 16.4. The summed E-state index contributed by atoms with van der Waals surface area (Å²) in [5.74, 6) is -0.531. The Morgan fingerprint density at radius 3 is 2.65 bits per heavy atom. The van der Waals surface area contributed by atoms with Gasteiger partial charge >= 0.3 is 0 Å². The van der Waals surface area contributed by atoms with Crippen molar-refractivity contribution in [2.45, 2.75) is 19.4 Å². The van der Waals surface area contributed by atoms with Crippen molar-refractivity contribution in [1.29, 1.82) is 0 Å². The third-order valence-corrected chi connectivity index (χ3v) is 4.56. The van der Waals surface area contributed by atoms with E-state index in [0.717, 1.165) is 6.42 Å². The molecule has 0 radical (unpaired) electrons. The van der Waals surface area contributed by atoms with Gasteiger partial charge in [0.2, 0.25) is 5.91 Å². The van der Waals surface area contributed by atoms with Gasteiger partial charge in [0.05, 0.1) is 13.0 Å². The first-order valence-electron chi connectivity index (χ1n) is 9.93. The third-order valence-electron chi connectivity index (χ3n) is 4.56. The molecule has 0 unspecified atom stereocenters. The summed E-state index contributed by atoms with van der Waals surface area (Å²) in [6, 6.07) is 14.2. The lowest BCUT2D eigenvalue weighted by Crippen LogP contribution is -2.24. The van der Waals surface area contributed by atoms with Crippen molar-refractivity contribution >= 4 is 5.91 Å². The molecule has 0 atom stereocenters. The number of benzene rings is 2. The van der Waals surface area contributed by atoms with Crippen LogP contribution in [0.2, 0.25) is 0 Å². The summed E-state index contributed by atoms with van der Waals surface area (Å²) in [5.41, 5.74) is 2.24. The molecule has 1 N–H and O–H groups in total. The minimum Gasteiger partial charge on any atom is -0.493 e. The fourth-order valence-electron chi connectivity index (χ4n) is 2.98. The molecule has 0 saturated carbocycles. The number of carbonyl (C=O) groups is 1. The van der Waals surface area contributed by atoms with E-state index >= 15 is 0 Å². The summed E-state index contributed by atoms with van der Waals surface area (Å²) >= 11 is 0. The first-order chi connectivity index (χ1) is 15.0. The van der Waals surface area contributed by atoms with Crippen LogP contribution in [0.25, 0.3) is 11.1 Å². The number of hydrogen-bond acceptors (Lipinski definition) is 4. The molecule has 3 rings (SSSR count). The number of ether oxygens (including phenoxy) is 2. The van der Waals surface area contributed by atoms with Crippen molar-refractivity contribution < 1.29 is 23.0 Å². The largest absolute Gasteiger partial charge is 0.493 e. The third kappa shape index (κ3) is 6.86. The second-order valence-electron chi connectivity index (χ2n) is 6.96. The van der Waals surface area contributed by atoms with E-state index in [2.05, 4.69) is 10.3 Å². The number of nitrogens with one attached hydrogen (secondary N) is 1. The van der Waals surface area contributed by atoms with Crippen LogP contribution in [0.4, 0.5) is 8.78 Å². The zero-order chi connectivity index (χ0) is 22.1. The molecule has 0 spiro atoms. The molecule has 5 nitrogen and oxygen atoms in total. The highest BCUT2D eigenvalue weighted by Crippen LogP contribution is 2.26. The normalized spacial score (nSPS) is 10.7. The molecule has 0 aliphatic rings. The Hall–Kier alpha value is -3.32. The maximum absolute atomic E-state index is 14.5. The number of amides is 1. The average Bonchev–Trinajstić information content (AvgIpc) is 2.76. The van der Waals surface area contributed by atoms with Crippen molar-refractivity contribution in [1.82, 2.24) is 10.3 Å². The standard InChI is InChI=1S/C24H24F2N2O3/c1-30-10-3-11-31-21-8-9-22(23(26)14-21)18-6-7-20(27-16-18)13-24(29)28-15-17-4-2-5-19(25)12-17/h2,4-9,12,14,16H,3,10-11,13,15H2,1H3,(H,28,29). The number of nitrogens with zero attached hydrogens (tertiary/aromatic N) is 1. The number of rotatable bonds is 10. The van der Waals surface area contributed by atoms with Gasteiger partial charge in [-0.1, -0.05) is 18.2 Å². The maximum atomic E-state index is 14.5. The Kier molecular flexibility index (Phi) is 8.06. The molecule has 0 fully saturated rings. The summed E-state index contributed by atoms with van der Waals surface area (Å²) in [6.45, 7) is 1.27. The van der Waals surface area contributed by atoms with Gasteiger partial charge in [0.1, 0.15) is 17.4 Å². The van der Waals surface area contributed by atoms with E-state index in [9.17, 15) is 13.6 Å². The average molecular weight is 426 g/mol. The van der Waals surface area contributed by atoms with Crippen molar-refractivity contribution in [3.8, 4) is 16.9 Å². The van der Waals surface area contributed by atoms with Gasteiger partial charge in [-0.25, -0.2) is 8.78 Å². The van der Waals surface area contributed by atoms with Crippen molar-refractivity contribution in [2.75, 3.05) is 20.3 Å². The lowest BCUT2D eigenvalue weighted by molar-refractivity contribution is -0.120. The van der Waals surface area contributed by atoms with Crippen molar-refractivity contribution in [2.24, 2.45) is 0 Å². The van der Waals surface area contributed by atoms with E-state index in [1.807, 2.05) is 0 Å². The summed E-state index contributed by atoms with van der Waals surface area (Å²) in [6.07, 6.45) is 2.33. The highest BCUT2D eigenvalue weighted by Gasteiger charge is 2.10. The molecular formula is C24H24F2N2O3. The van der Waals surface area contributed by atoms with E-state index in [0.29, 0.717) is 41.3 Å². The Balaban J connectivity index is 1.55. The van der Waals surface area contributed by atoms with Gasteiger partial charge in [0, 0.05) is 55.8 Å². The lowest BCUT2D eigenvalue weighted by Gasteiger charge is -2.09. The van der Waals surface area contributed by atoms with Gasteiger partial charge < -0.3 is 14.8 Å². The number of halogens is 2. The lowest BCUT2D eigenvalue weighted by atomic mass is 10.1. The van der Waals surface area contributed by atoms with Crippen molar-refractivity contribution in [3.05, 3.63) is 83.7 Å². The Bertz CT molecular complexity index is 1010. The van der Waals surface area contributed by atoms with Gasteiger partial charge in [0.25, 0.3) is 0 Å². The number of carbonyl (C=O) groups excluding carboxylic acids is 1. The fraction of sp³-hybridized carbons (Fsp3) is 0.250. The molecule has 162 valence electrons. The van der Waals surface area contributed by atoms with Crippen LogP contribution >= 0.6 is 0 Å².